The number of halogens is 1. The summed E-state index contributed by atoms with van der Waals surface area (Å²) >= 11 is 3.45. The van der Waals surface area contributed by atoms with Crippen molar-refractivity contribution in [3.05, 3.63) is 65.1 Å². The Bertz CT molecular complexity index is 682. The molecule has 0 amide bonds. The maximum Gasteiger partial charge on any atom is 0.229 e. The van der Waals surface area contributed by atoms with E-state index < -0.39 is 0 Å². The van der Waals surface area contributed by atoms with Gasteiger partial charge in [-0.05, 0) is 41.1 Å². The SMILES string of the molecule is C=C(C)/C=C(\NC)Nc1nc(Nc2ccccc2)ncc1Br. The van der Waals surface area contributed by atoms with Crippen LogP contribution >= 0.6 is 15.9 Å². The molecule has 6 heteroatoms. The number of anilines is 3. The van der Waals surface area contributed by atoms with E-state index in [9.17, 15) is 0 Å². The van der Waals surface area contributed by atoms with E-state index >= 15 is 0 Å². The molecule has 22 heavy (non-hydrogen) atoms. The second kappa shape index (κ2) is 7.61. The van der Waals surface area contributed by atoms with Gasteiger partial charge < -0.3 is 16.0 Å². The molecule has 0 saturated heterocycles. The Morgan fingerprint density at radius 2 is 2.00 bits per heavy atom. The first-order chi connectivity index (χ1) is 10.6. The van der Waals surface area contributed by atoms with Crippen molar-refractivity contribution in [3.63, 3.8) is 0 Å². The summed E-state index contributed by atoms with van der Waals surface area (Å²) in [6, 6.07) is 9.78. The van der Waals surface area contributed by atoms with Crippen LogP contribution in [0.1, 0.15) is 6.92 Å². The van der Waals surface area contributed by atoms with Gasteiger partial charge in [-0.1, -0.05) is 30.4 Å². The first-order valence-corrected chi connectivity index (χ1v) is 7.54. The lowest BCUT2D eigenvalue weighted by atomic mass is 10.3. The van der Waals surface area contributed by atoms with Gasteiger partial charge in [0.15, 0.2) is 5.82 Å². The van der Waals surface area contributed by atoms with Crippen molar-refractivity contribution >= 4 is 33.4 Å². The molecule has 0 unspecified atom stereocenters. The van der Waals surface area contributed by atoms with Gasteiger partial charge in [-0.2, -0.15) is 4.98 Å². The van der Waals surface area contributed by atoms with Crippen LogP contribution in [0, 0.1) is 0 Å². The number of nitrogens with zero attached hydrogens (tertiary/aromatic N) is 2. The fourth-order valence-corrected chi connectivity index (χ4v) is 2.00. The third-order valence-corrected chi connectivity index (χ3v) is 3.27. The molecule has 2 rings (SSSR count). The average molecular weight is 360 g/mol. The fourth-order valence-electron chi connectivity index (χ4n) is 1.71. The third-order valence-electron chi connectivity index (χ3n) is 2.69. The predicted molar refractivity (Wildman–Crippen MR) is 95.0 cm³/mol. The average Bonchev–Trinajstić information content (AvgIpc) is 2.50. The van der Waals surface area contributed by atoms with Crippen LogP contribution < -0.4 is 16.0 Å². The summed E-state index contributed by atoms with van der Waals surface area (Å²) < 4.78 is 0.772. The van der Waals surface area contributed by atoms with E-state index in [4.69, 9.17) is 0 Å². The number of rotatable bonds is 6. The zero-order chi connectivity index (χ0) is 15.9. The van der Waals surface area contributed by atoms with Crippen LogP contribution in [0.3, 0.4) is 0 Å². The van der Waals surface area contributed by atoms with Crippen LogP contribution in [-0.4, -0.2) is 17.0 Å². The topological polar surface area (TPSA) is 61.9 Å². The zero-order valence-electron chi connectivity index (χ0n) is 12.5. The molecule has 3 N–H and O–H groups in total. The van der Waals surface area contributed by atoms with Crippen molar-refractivity contribution < 1.29 is 0 Å². The molecule has 0 bridgehead atoms. The summed E-state index contributed by atoms with van der Waals surface area (Å²) in [4.78, 5) is 8.73. The van der Waals surface area contributed by atoms with Crippen LogP contribution in [-0.2, 0) is 0 Å². The van der Waals surface area contributed by atoms with E-state index in [0.29, 0.717) is 11.8 Å². The van der Waals surface area contributed by atoms with Crippen molar-refractivity contribution in [2.45, 2.75) is 6.92 Å². The van der Waals surface area contributed by atoms with Crippen LogP contribution in [0.4, 0.5) is 17.5 Å². The number of para-hydroxylation sites is 1. The number of aromatic nitrogens is 2. The predicted octanol–water partition coefficient (Wildman–Crippen LogP) is 4.03. The van der Waals surface area contributed by atoms with E-state index in [2.05, 4.69) is 48.4 Å². The molecular formula is C16H18BrN5. The zero-order valence-corrected chi connectivity index (χ0v) is 14.1. The minimum absolute atomic E-state index is 0.516. The second-order valence-electron chi connectivity index (χ2n) is 4.66. The van der Waals surface area contributed by atoms with Gasteiger partial charge in [-0.15, -0.1) is 0 Å². The van der Waals surface area contributed by atoms with Crippen molar-refractivity contribution in [1.29, 1.82) is 0 Å². The van der Waals surface area contributed by atoms with Crippen molar-refractivity contribution in [2.75, 3.05) is 17.7 Å². The van der Waals surface area contributed by atoms with Gasteiger partial charge in [0.2, 0.25) is 5.95 Å². The second-order valence-corrected chi connectivity index (χ2v) is 5.51. The molecule has 0 fully saturated rings. The highest BCUT2D eigenvalue weighted by Crippen LogP contribution is 2.22. The van der Waals surface area contributed by atoms with Crippen LogP contribution in [0.5, 0.6) is 0 Å². The van der Waals surface area contributed by atoms with Crippen LogP contribution in [0.2, 0.25) is 0 Å². The summed E-state index contributed by atoms with van der Waals surface area (Å²) in [5.41, 5.74) is 1.87. The van der Waals surface area contributed by atoms with Gasteiger partial charge in [-0.25, -0.2) is 4.98 Å². The first kappa shape index (κ1) is 16.0. The normalized spacial score (nSPS) is 11.0. The molecule has 114 valence electrons. The van der Waals surface area contributed by atoms with E-state index in [-0.39, 0.29) is 0 Å². The molecule has 5 nitrogen and oxygen atoms in total. The molecule has 0 spiro atoms. The maximum atomic E-state index is 4.47. The molecule has 0 saturated carbocycles. The summed E-state index contributed by atoms with van der Waals surface area (Å²) in [5, 5.41) is 9.43. The minimum atomic E-state index is 0.516. The fraction of sp³-hybridized carbons (Fsp3) is 0.125. The summed E-state index contributed by atoms with van der Waals surface area (Å²) in [7, 11) is 1.83. The van der Waals surface area contributed by atoms with E-state index in [1.165, 1.54) is 0 Å². The molecule has 2 aromatic rings. The summed E-state index contributed by atoms with van der Waals surface area (Å²) in [6.45, 7) is 5.79. The number of allylic oxidation sites excluding steroid dienone is 2. The highest BCUT2D eigenvalue weighted by Gasteiger charge is 2.07. The third kappa shape index (κ3) is 4.60. The van der Waals surface area contributed by atoms with Crippen LogP contribution in [0.15, 0.2) is 65.1 Å². The van der Waals surface area contributed by atoms with Gasteiger partial charge in [0.05, 0.1) is 4.47 Å². The highest BCUT2D eigenvalue weighted by molar-refractivity contribution is 9.10. The molecule has 0 aliphatic heterocycles. The van der Waals surface area contributed by atoms with Crippen molar-refractivity contribution in [1.82, 2.24) is 15.3 Å². The van der Waals surface area contributed by atoms with Gasteiger partial charge in [0, 0.05) is 18.9 Å². The summed E-state index contributed by atoms with van der Waals surface area (Å²) in [6.07, 6.45) is 3.60. The van der Waals surface area contributed by atoms with E-state index in [1.807, 2.05) is 50.4 Å². The lowest BCUT2D eigenvalue weighted by Crippen LogP contribution is -2.16. The number of benzene rings is 1. The van der Waals surface area contributed by atoms with E-state index in [1.54, 1.807) is 6.20 Å². The lowest BCUT2D eigenvalue weighted by Gasteiger charge is -2.13. The molecule has 0 atom stereocenters. The van der Waals surface area contributed by atoms with Crippen molar-refractivity contribution in [3.8, 4) is 0 Å². The Hall–Kier alpha value is -2.34. The minimum Gasteiger partial charge on any atom is -0.375 e. The maximum absolute atomic E-state index is 4.47. The molecule has 1 aromatic carbocycles. The van der Waals surface area contributed by atoms with Crippen LogP contribution in [0.25, 0.3) is 0 Å². The molecule has 0 aliphatic rings. The lowest BCUT2D eigenvalue weighted by molar-refractivity contribution is 0.981. The number of nitrogens with one attached hydrogen (secondary N) is 3. The highest BCUT2D eigenvalue weighted by atomic mass is 79.9. The van der Waals surface area contributed by atoms with E-state index in [0.717, 1.165) is 21.6 Å². The molecule has 0 aliphatic carbocycles. The van der Waals surface area contributed by atoms with Crippen molar-refractivity contribution in [2.24, 2.45) is 0 Å². The Morgan fingerprint density at radius 1 is 1.27 bits per heavy atom. The quantitative estimate of drug-likeness (QED) is 0.679. The summed E-state index contributed by atoms with van der Waals surface area (Å²) in [5.74, 6) is 1.98. The van der Waals surface area contributed by atoms with Gasteiger partial charge in [0.25, 0.3) is 0 Å². The molecule has 1 heterocycles. The van der Waals surface area contributed by atoms with Gasteiger partial charge in [-0.3, -0.25) is 0 Å². The molecule has 0 radical (unpaired) electrons. The van der Waals surface area contributed by atoms with Gasteiger partial charge in [0.1, 0.15) is 5.82 Å². The first-order valence-electron chi connectivity index (χ1n) is 6.75. The molecular weight excluding hydrogens is 342 g/mol. The Morgan fingerprint density at radius 3 is 2.64 bits per heavy atom. The number of hydrogen-bond donors (Lipinski definition) is 3. The standard InChI is InChI=1S/C16H18BrN5/c1-11(2)9-14(18-3)21-15-13(17)10-19-16(22-15)20-12-7-5-4-6-8-12/h4-10,18H,1H2,2-3H3,(H2,19,20,21,22)/b14-9+. The Balaban J connectivity index is 2.21. The largest absolute Gasteiger partial charge is 0.375 e. The number of hydrogen-bond acceptors (Lipinski definition) is 5. The smallest absolute Gasteiger partial charge is 0.229 e. The monoisotopic (exact) mass is 359 g/mol. The molecule has 1 aromatic heterocycles. The van der Waals surface area contributed by atoms with Gasteiger partial charge >= 0.3 is 0 Å². The Labute approximate surface area is 138 Å². The Kier molecular flexibility index (Phi) is 5.55.